The molecule has 0 radical (unpaired) electrons. The first-order valence-electron chi connectivity index (χ1n) is 5.05. The second-order valence-electron chi connectivity index (χ2n) is 4.09. The maximum atomic E-state index is 11.7. The molecule has 3 nitrogen and oxygen atoms in total. The van der Waals surface area contributed by atoms with Gasteiger partial charge in [-0.25, -0.2) is 0 Å². The number of carbonyl (C=O) groups is 1. The van der Waals surface area contributed by atoms with Crippen molar-refractivity contribution in [2.75, 3.05) is 26.7 Å². The highest BCUT2D eigenvalue weighted by Gasteiger charge is 2.33. The minimum atomic E-state index is 0.257. The molecule has 1 amide bonds. The van der Waals surface area contributed by atoms with Crippen LogP contribution in [0.5, 0.6) is 0 Å². The monoisotopic (exact) mass is 184 g/mol. The van der Waals surface area contributed by atoms with Crippen LogP contribution in [0.2, 0.25) is 0 Å². The molecule has 1 fully saturated rings. The van der Waals surface area contributed by atoms with Crippen LogP contribution in [0.3, 0.4) is 0 Å². The molecule has 76 valence electrons. The minimum absolute atomic E-state index is 0.257. The number of amides is 1. The largest absolute Gasteiger partial charge is 0.343 e. The molecule has 1 aliphatic rings. The fourth-order valence-electron chi connectivity index (χ4n) is 1.53. The van der Waals surface area contributed by atoms with Gasteiger partial charge in [-0.3, -0.25) is 4.79 Å². The molecule has 0 N–H and O–H groups in total. The Kier molecular flexibility index (Phi) is 3.31. The molecule has 1 rings (SSSR count). The Hall–Kier alpha value is -0.570. The molecule has 0 atom stereocenters. The predicted molar refractivity (Wildman–Crippen MR) is 53.5 cm³/mol. The van der Waals surface area contributed by atoms with Gasteiger partial charge in [0.05, 0.1) is 5.92 Å². The van der Waals surface area contributed by atoms with E-state index < -0.39 is 0 Å². The molecule has 1 aliphatic heterocycles. The van der Waals surface area contributed by atoms with Gasteiger partial charge in [-0.05, 0) is 20.4 Å². The highest BCUT2D eigenvalue weighted by molar-refractivity contribution is 5.80. The van der Waals surface area contributed by atoms with Crippen molar-refractivity contribution in [3.63, 3.8) is 0 Å². The summed E-state index contributed by atoms with van der Waals surface area (Å²) in [5, 5.41) is 0. The molecule has 1 saturated heterocycles. The molecule has 0 aromatic carbocycles. The van der Waals surface area contributed by atoms with Crippen molar-refractivity contribution in [3.05, 3.63) is 0 Å². The molecular weight excluding hydrogens is 164 g/mol. The topological polar surface area (TPSA) is 23.6 Å². The summed E-state index contributed by atoms with van der Waals surface area (Å²) in [4.78, 5) is 15.9. The third kappa shape index (κ3) is 2.21. The van der Waals surface area contributed by atoms with Crippen LogP contribution in [0.25, 0.3) is 0 Å². The lowest BCUT2D eigenvalue weighted by atomic mass is 9.98. The maximum absolute atomic E-state index is 11.7. The summed E-state index contributed by atoms with van der Waals surface area (Å²) in [5.41, 5.74) is 0. The summed E-state index contributed by atoms with van der Waals surface area (Å²) in [6.45, 7) is 9.20. The molecular formula is C10H20N2O. The van der Waals surface area contributed by atoms with Gasteiger partial charge in [0.1, 0.15) is 0 Å². The van der Waals surface area contributed by atoms with E-state index in [-0.39, 0.29) is 5.92 Å². The van der Waals surface area contributed by atoms with E-state index in [0.717, 1.165) is 19.6 Å². The Bertz CT molecular complexity index is 185. The second-order valence-corrected chi connectivity index (χ2v) is 4.09. The maximum Gasteiger partial charge on any atom is 0.228 e. The lowest BCUT2D eigenvalue weighted by Crippen LogP contribution is -2.54. The third-order valence-electron chi connectivity index (χ3n) is 2.88. The molecule has 0 aromatic rings. The first-order valence-corrected chi connectivity index (χ1v) is 5.05. The summed E-state index contributed by atoms with van der Waals surface area (Å²) in [6.07, 6.45) is 0. The zero-order chi connectivity index (χ0) is 10.0. The third-order valence-corrected chi connectivity index (χ3v) is 2.88. The zero-order valence-electron chi connectivity index (χ0n) is 9.08. The smallest absolute Gasteiger partial charge is 0.228 e. The van der Waals surface area contributed by atoms with Crippen LogP contribution in [-0.4, -0.2) is 48.4 Å². The number of rotatable bonds is 3. The normalized spacial score (nSPS) is 18.8. The van der Waals surface area contributed by atoms with Gasteiger partial charge in [-0.1, -0.05) is 6.92 Å². The lowest BCUT2D eigenvalue weighted by Gasteiger charge is -2.40. The second kappa shape index (κ2) is 4.09. The SMILES string of the molecule is CCN1CC(C(=O)N(C)C(C)C)C1. The standard InChI is InChI=1S/C10H20N2O/c1-5-12-6-9(7-12)10(13)11(4)8(2)3/h8-9H,5-7H2,1-4H3. The number of carbonyl (C=O) groups excluding carboxylic acids is 1. The summed E-state index contributed by atoms with van der Waals surface area (Å²) >= 11 is 0. The Morgan fingerprint density at radius 1 is 1.54 bits per heavy atom. The summed E-state index contributed by atoms with van der Waals surface area (Å²) in [5.74, 6) is 0.562. The quantitative estimate of drug-likeness (QED) is 0.648. The Morgan fingerprint density at radius 2 is 2.08 bits per heavy atom. The fraction of sp³-hybridized carbons (Fsp3) is 0.900. The summed E-state index contributed by atoms with van der Waals surface area (Å²) in [7, 11) is 1.89. The predicted octanol–water partition coefficient (Wildman–Crippen LogP) is 0.805. The van der Waals surface area contributed by atoms with Gasteiger partial charge in [-0.2, -0.15) is 0 Å². The lowest BCUT2D eigenvalue weighted by molar-refractivity contribution is -0.141. The van der Waals surface area contributed by atoms with Crippen LogP contribution < -0.4 is 0 Å². The molecule has 0 aliphatic carbocycles. The van der Waals surface area contributed by atoms with Crippen LogP contribution >= 0.6 is 0 Å². The van der Waals surface area contributed by atoms with Gasteiger partial charge in [0.2, 0.25) is 5.91 Å². The van der Waals surface area contributed by atoms with Crippen LogP contribution in [0, 0.1) is 5.92 Å². The number of hydrogen-bond donors (Lipinski definition) is 0. The highest BCUT2D eigenvalue weighted by atomic mass is 16.2. The van der Waals surface area contributed by atoms with Crippen molar-refractivity contribution >= 4 is 5.91 Å². The van der Waals surface area contributed by atoms with E-state index in [0.29, 0.717) is 11.9 Å². The van der Waals surface area contributed by atoms with E-state index in [1.807, 2.05) is 25.8 Å². The minimum Gasteiger partial charge on any atom is -0.343 e. The van der Waals surface area contributed by atoms with E-state index in [1.54, 1.807) is 0 Å². The van der Waals surface area contributed by atoms with Crippen molar-refractivity contribution < 1.29 is 4.79 Å². The molecule has 0 unspecified atom stereocenters. The molecule has 13 heavy (non-hydrogen) atoms. The van der Waals surface area contributed by atoms with Crippen molar-refractivity contribution in [2.45, 2.75) is 26.8 Å². The molecule has 0 spiro atoms. The van der Waals surface area contributed by atoms with Gasteiger partial charge in [0.25, 0.3) is 0 Å². The van der Waals surface area contributed by atoms with E-state index in [4.69, 9.17) is 0 Å². The van der Waals surface area contributed by atoms with Crippen molar-refractivity contribution in [3.8, 4) is 0 Å². The average Bonchev–Trinajstić information content (AvgIpc) is 2.00. The average molecular weight is 184 g/mol. The molecule has 1 heterocycles. The number of hydrogen-bond acceptors (Lipinski definition) is 2. The van der Waals surface area contributed by atoms with Gasteiger partial charge in [0.15, 0.2) is 0 Å². The van der Waals surface area contributed by atoms with E-state index in [9.17, 15) is 4.79 Å². The first kappa shape index (κ1) is 10.5. The summed E-state index contributed by atoms with van der Waals surface area (Å²) in [6, 6.07) is 0.322. The van der Waals surface area contributed by atoms with Crippen molar-refractivity contribution in [1.29, 1.82) is 0 Å². The first-order chi connectivity index (χ1) is 6.06. The molecule has 3 heteroatoms. The van der Waals surface area contributed by atoms with E-state index >= 15 is 0 Å². The van der Waals surface area contributed by atoms with E-state index in [1.165, 1.54) is 0 Å². The zero-order valence-corrected chi connectivity index (χ0v) is 9.08. The highest BCUT2D eigenvalue weighted by Crippen LogP contribution is 2.17. The van der Waals surface area contributed by atoms with Gasteiger partial charge >= 0.3 is 0 Å². The fourth-order valence-corrected chi connectivity index (χ4v) is 1.53. The van der Waals surface area contributed by atoms with Gasteiger partial charge in [-0.15, -0.1) is 0 Å². The van der Waals surface area contributed by atoms with Crippen LogP contribution in [-0.2, 0) is 4.79 Å². The van der Waals surface area contributed by atoms with Gasteiger partial charge in [0, 0.05) is 26.2 Å². The summed E-state index contributed by atoms with van der Waals surface area (Å²) < 4.78 is 0. The molecule has 0 aromatic heterocycles. The number of likely N-dealkylation sites (tertiary alicyclic amines) is 1. The Morgan fingerprint density at radius 3 is 2.46 bits per heavy atom. The van der Waals surface area contributed by atoms with E-state index in [2.05, 4.69) is 11.8 Å². The number of nitrogens with zero attached hydrogens (tertiary/aromatic N) is 2. The van der Waals surface area contributed by atoms with Crippen molar-refractivity contribution in [2.24, 2.45) is 5.92 Å². The van der Waals surface area contributed by atoms with Crippen LogP contribution in [0.1, 0.15) is 20.8 Å². The molecule has 0 bridgehead atoms. The van der Waals surface area contributed by atoms with Gasteiger partial charge < -0.3 is 9.80 Å². The molecule has 0 saturated carbocycles. The Balaban J connectivity index is 2.34. The van der Waals surface area contributed by atoms with Crippen molar-refractivity contribution in [1.82, 2.24) is 9.80 Å². The van der Waals surface area contributed by atoms with Crippen LogP contribution in [0.4, 0.5) is 0 Å². The van der Waals surface area contributed by atoms with Crippen LogP contribution in [0.15, 0.2) is 0 Å². The Labute approximate surface area is 80.7 Å².